The molecule has 0 aliphatic carbocycles. The molecule has 0 saturated carbocycles. The van der Waals surface area contributed by atoms with Gasteiger partial charge in [-0.15, -0.1) is 0 Å². The van der Waals surface area contributed by atoms with E-state index in [0.29, 0.717) is 13.2 Å². The number of ether oxygens (including phenoxy) is 1. The summed E-state index contributed by atoms with van der Waals surface area (Å²) in [7, 11) is 0. The maximum Gasteiger partial charge on any atom is 0.434 e. The number of amides is 1. The molecule has 7 nitrogen and oxygen atoms in total. The summed E-state index contributed by atoms with van der Waals surface area (Å²) in [4.78, 5) is 19.4. The number of hydrogen-bond acceptors (Lipinski definition) is 6. The van der Waals surface area contributed by atoms with Crippen LogP contribution in [0.3, 0.4) is 0 Å². The lowest BCUT2D eigenvalue weighted by Gasteiger charge is -2.32. The van der Waals surface area contributed by atoms with Gasteiger partial charge in [-0.1, -0.05) is 6.07 Å². The van der Waals surface area contributed by atoms with Crippen molar-refractivity contribution in [1.82, 2.24) is 15.3 Å². The second-order valence-corrected chi connectivity index (χ2v) is 6.61. The van der Waals surface area contributed by atoms with Crippen LogP contribution in [0.25, 0.3) is 0 Å². The van der Waals surface area contributed by atoms with Gasteiger partial charge in [0.2, 0.25) is 5.95 Å². The highest BCUT2D eigenvalue weighted by molar-refractivity contribution is 5.95. The molecule has 11 heteroatoms. The standard InChI is InChI=1S/C18H18F4N4O3/c19-11-2-1-3-12(8-11)25-16-23-9-13(14(26-16)18(20,21)22)15(27)24-10-17(28)4-6-29-7-5-17/h1-3,8-9,28H,4-7,10H2,(H,24,27)(H,23,25,26). The maximum atomic E-state index is 13.4. The van der Waals surface area contributed by atoms with Crippen LogP contribution in [0.1, 0.15) is 28.9 Å². The van der Waals surface area contributed by atoms with Crippen LogP contribution in [0, 0.1) is 5.82 Å². The number of aromatic nitrogens is 2. The molecule has 1 amide bonds. The summed E-state index contributed by atoms with van der Waals surface area (Å²) in [5.74, 6) is -2.09. The molecule has 0 atom stereocenters. The van der Waals surface area contributed by atoms with E-state index >= 15 is 0 Å². The number of alkyl halides is 3. The van der Waals surface area contributed by atoms with Gasteiger partial charge in [-0.2, -0.15) is 13.2 Å². The van der Waals surface area contributed by atoms with Crippen molar-refractivity contribution in [2.45, 2.75) is 24.6 Å². The van der Waals surface area contributed by atoms with Crippen molar-refractivity contribution in [2.24, 2.45) is 0 Å². The number of hydrogen-bond donors (Lipinski definition) is 3. The number of benzene rings is 1. The number of carbonyl (C=O) groups excluding carboxylic acids is 1. The minimum absolute atomic E-state index is 0.150. The maximum absolute atomic E-state index is 13.4. The average Bonchev–Trinajstić information content (AvgIpc) is 2.66. The highest BCUT2D eigenvalue weighted by Crippen LogP contribution is 2.31. The lowest BCUT2D eigenvalue weighted by Crippen LogP contribution is -2.46. The third-order valence-corrected chi connectivity index (χ3v) is 4.38. The minimum Gasteiger partial charge on any atom is -0.388 e. The number of halogens is 4. The van der Waals surface area contributed by atoms with Gasteiger partial charge in [0, 0.05) is 44.5 Å². The molecule has 0 radical (unpaired) electrons. The molecule has 0 bridgehead atoms. The Labute approximate surface area is 163 Å². The van der Waals surface area contributed by atoms with Gasteiger partial charge in [-0.05, 0) is 18.2 Å². The summed E-state index contributed by atoms with van der Waals surface area (Å²) in [6.07, 6.45) is -3.68. The van der Waals surface area contributed by atoms with Crippen LogP contribution < -0.4 is 10.6 Å². The largest absolute Gasteiger partial charge is 0.434 e. The van der Waals surface area contributed by atoms with Crippen LogP contribution in [-0.4, -0.2) is 46.3 Å². The van der Waals surface area contributed by atoms with E-state index in [0.717, 1.165) is 12.3 Å². The molecule has 1 aromatic carbocycles. The van der Waals surface area contributed by atoms with Crippen molar-refractivity contribution in [2.75, 3.05) is 25.1 Å². The Hall–Kier alpha value is -2.79. The molecule has 1 aliphatic heterocycles. The summed E-state index contributed by atoms with van der Waals surface area (Å²) in [5.41, 5.74) is -3.32. The highest BCUT2D eigenvalue weighted by atomic mass is 19.4. The zero-order chi connectivity index (χ0) is 21.1. The molecule has 2 aromatic rings. The van der Waals surface area contributed by atoms with E-state index in [9.17, 15) is 27.5 Å². The number of aliphatic hydroxyl groups is 1. The SMILES string of the molecule is O=C(NCC1(O)CCOCC1)c1cnc(Nc2cccc(F)c2)nc1C(F)(F)F. The fourth-order valence-electron chi connectivity index (χ4n) is 2.79. The summed E-state index contributed by atoms with van der Waals surface area (Å²) >= 11 is 0. The Bertz CT molecular complexity index is 886. The van der Waals surface area contributed by atoms with Crippen LogP contribution in [-0.2, 0) is 10.9 Å². The summed E-state index contributed by atoms with van der Waals surface area (Å²) in [6.45, 7) is 0.364. The van der Waals surface area contributed by atoms with E-state index in [2.05, 4.69) is 20.6 Å². The fraction of sp³-hybridized carbons (Fsp3) is 0.389. The Morgan fingerprint density at radius 1 is 1.28 bits per heavy atom. The topological polar surface area (TPSA) is 96.4 Å². The van der Waals surface area contributed by atoms with Crippen LogP contribution in [0.2, 0.25) is 0 Å². The number of nitrogens with one attached hydrogen (secondary N) is 2. The summed E-state index contributed by atoms with van der Waals surface area (Å²) in [5, 5.41) is 15.1. The van der Waals surface area contributed by atoms with Gasteiger partial charge in [-0.25, -0.2) is 14.4 Å². The zero-order valence-corrected chi connectivity index (χ0v) is 15.1. The third-order valence-electron chi connectivity index (χ3n) is 4.38. The van der Waals surface area contributed by atoms with Crippen LogP contribution >= 0.6 is 0 Å². The zero-order valence-electron chi connectivity index (χ0n) is 15.1. The molecule has 156 valence electrons. The Kier molecular flexibility index (Phi) is 5.99. The van der Waals surface area contributed by atoms with Crippen molar-refractivity contribution in [1.29, 1.82) is 0 Å². The van der Waals surface area contributed by atoms with E-state index < -0.39 is 40.7 Å². The highest BCUT2D eigenvalue weighted by Gasteiger charge is 2.39. The Balaban J connectivity index is 1.79. The van der Waals surface area contributed by atoms with Crippen molar-refractivity contribution >= 4 is 17.5 Å². The van der Waals surface area contributed by atoms with Gasteiger partial charge in [0.25, 0.3) is 5.91 Å². The second-order valence-electron chi connectivity index (χ2n) is 6.61. The number of nitrogens with zero attached hydrogens (tertiary/aromatic N) is 2. The van der Waals surface area contributed by atoms with Crippen molar-refractivity contribution in [3.8, 4) is 0 Å². The molecule has 2 heterocycles. The van der Waals surface area contributed by atoms with Gasteiger partial charge in [-0.3, -0.25) is 4.79 Å². The first-order valence-corrected chi connectivity index (χ1v) is 8.71. The molecule has 1 aromatic heterocycles. The monoisotopic (exact) mass is 414 g/mol. The first-order valence-electron chi connectivity index (χ1n) is 8.71. The average molecular weight is 414 g/mol. The van der Waals surface area contributed by atoms with Crippen LogP contribution in [0.15, 0.2) is 30.5 Å². The minimum atomic E-state index is -4.93. The van der Waals surface area contributed by atoms with E-state index in [4.69, 9.17) is 4.74 Å². The van der Waals surface area contributed by atoms with Gasteiger partial charge in [0.1, 0.15) is 5.82 Å². The fourth-order valence-corrected chi connectivity index (χ4v) is 2.79. The lowest BCUT2D eigenvalue weighted by atomic mass is 9.94. The smallest absolute Gasteiger partial charge is 0.388 e. The molecular formula is C18H18F4N4O3. The first kappa shape index (κ1) is 20.9. The van der Waals surface area contributed by atoms with Gasteiger partial charge >= 0.3 is 6.18 Å². The molecule has 0 spiro atoms. The van der Waals surface area contributed by atoms with E-state index in [-0.39, 0.29) is 25.1 Å². The predicted octanol–water partition coefficient (Wildman–Crippen LogP) is 2.65. The van der Waals surface area contributed by atoms with Crippen LogP contribution in [0.5, 0.6) is 0 Å². The summed E-state index contributed by atoms with van der Waals surface area (Å²) in [6, 6.07) is 5.03. The van der Waals surface area contributed by atoms with Gasteiger partial charge < -0.3 is 20.5 Å². The van der Waals surface area contributed by atoms with E-state index in [1.165, 1.54) is 18.2 Å². The van der Waals surface area contributed by atoms with Crippen molar-refractivity contribution in [3.63, 3.8) is 0 Å². The van der Waals surface area contributed by atoms with Crippen LogP contribution in [0.4, 0.5) is 29.2 Å². The lowest BCUT2D eigenvalue weighted by molar-refractivity contribution is -0.141. The summed E-state index contributed by atoms with van der Waals surface area (Å²) < 4.78 is 58.7. The molecule has 1 saturated heterocycles. The Morgan fingerprint density at radius 3 is 2.66 bits per heavy atom. The molecule has 3 N–H and O–H groups in total. The predicted molar refractivity (Wildman–Crippen MR) is 94.1 cm³/mol. The van der Waals surface area contributed by atoms with Crippen molar-refractivity contribution < 1.29 is 32.2 Å². The molecule has 29 heavy (non-hydrogen) atoms. The Morgan fingerprint density at radius 2 is 2.00 bits per heavy atom. The normalized spacial score (nSPS) is 16.3. The second kappa shape index (κ2) is 8.29. The van der Waals surface area contributed by atoms with Crippen molar-refractivity contribution in [3.05, 3.63) is 47.5 Å². The molecular weight excluding hydrogens is 396 g/mol. The van der Waals surface area contributed by atoms with E-state index in [1.54, 1.807) is 0 Å². The molecule has 3 rings (SSSR count). The number of anilines is 2. The quantitative estimate of drug-likeness (QED) is 0.651. The van der Waals surface area contributed by atoms with Gasteiger partial charge in [0.15, 0.2) is 5.69 Å². The molecule has 1 aliphatic rings. The third kappa shape index (κ3) is 5.39. The number of rotatable bonds is 5. The van der Waals surface area contributed by atoms with E-state index in [1.807, 2.05) is 0 Å². The molecule has 0 unspecified atom stereocenters. The molecule has 1 fully saturated rings. The number of carbonyl (C=O) groups is 1. The first-order chi connectivity index (χ1) is 13.7. The van der Waals surface area contributed by atoms with Gasteiger partial charge in [0.05, 0.1) is 11.2 Å².